The number of anilines is 1. The van der Waals surface area contributed by atoms with Crippen molar-refractivity contribution < 1.29 is 18.0 Å². The van der Waals surface area contributed by atoms with Crippen molar-refractivity contribution in [1.29, 1.82) is 0 Å². The molecule has 1 unspecified atom stereocenters. The second-order valence-electron chi connectivity index (χ2n) is 6.72. The number of amides is 1. The molecule has 2 aromatic rings. The Balaban J connectivity index is 2.14. The van der Waals surface area contributed by atoms with Crippen molar-refractivity contribution in [3.63, 3.8) is 0 Å². The van der Waals surface area contributed by atoms with Crippen LogP contribution in [-0.2, 0) is 16.4 Å². The number of nitrogens with zero attached hydrogens (tertiary/aromatic N) is 3. The van der Waals surface area contributed by atoms with E-state index in [1.807, 2.05) is 20.8 Å². The zero-order chi connectivity index (χ0) is 19.7. The smallest absolute Gasteiger partial charge is 0.336 e. The fourth-order valence-electron chi connectivity index (χ4n) is 2.15. The molecule has 0 fully saturated rings. The fourth-order valence-corrected chi connectivity index (χ4v) is 2.92. The molecule has 0 aliphatic carbocycles. The van der Waals surface area contributed by atoms with Gasteiger partial charge in [0.1, 0.15) is 0 Å². The molecule has 0 saturated carbocycles. The molecule has 3 N–H and O–H groups in total. The maximum atomic E-state index is 13.0. The van der Waals surface area contributed by atoms with Gasteiger partial charge in [0.15, 0.2) is 5.82 Å². The summed E-state index contributed by atoms with van der Waals surface area (Å²) >= 11 is 1.02. The molecule has 0 radical (unpaired) electrons. The molecule has 26 heavy (non-hydrogen) atoms. The zero-order valence-electron chi connectivity index (χ0n) is 14.8. The molecule has 6 nitrogen and oxygen atoms in total. The summed E-state index contributed by atoms with van der Waals surface area (Å²) in [4.78, 5) is 12.3. The van der Waals surface area contributed by atoms with E-state index >= 15 is 0 Å². The van der Waals surface area contributed by atoms with E-state index in [0.29, 0.717) is 11.0 Å². The van der Waals surface area contributed by atoms with Gasteiger partial charge < -0.3 is 11.2 Å². The number of nitrogens with one attached hydrogen (secondary N) is 1. The molecule has 1 heterocycles. The Morgan fingerprint density at radius 3 is 2.38 bits per heavy atom. The van der Waals surface area contributed by atoms with Gasteiger partial charge in [-0.1, -0.05) is 44.7 Å². The summed E-state index contributed by atoms with van der Waals surface area (Å²) in [6.07, 6.45) is -4.56. The lowest BCUT2D eigenvalue weighted by molar-refractivity contribution is -0.137. The van der Waals surface area contributed by atoms with Crippen molar-refractivity contribution in [1.82, 2.24) is 14.9 Å². The molecule has 1 aromatic carbocycles. The van der Waals surface area contributed by atoms with Crippen molar-refractivity contribution in [2.45, 2.75) is 49.7 Å². The van der Waals surface area contributed by atoms with Crippen molar-refractivity contribution in [2.24, 2.45) is 0 Å². The summed E-state index contributed by atoms with van der Waals surface area (Å²) in [7, 11) is 0. The average molecular weight is 387 g/mol. The standard InChI is InChI=1S/C16H20F3N5OS/c1-9(26-14-23-22-13(24(14)20)15(2,3)4)12(25)21-11-8-6-5-7-10(11)16(17,18)19/h5-9H,20H2,1-4H3,(H,21,25). The summed E-state index contributed by atoms with van der Waals surface area (Å²) in [5.41, 5.74) is -1.53. The monoisotopic (exact) mass is 387 g/mol. The molecule has 142 valence electrons. The topological polar surface area (TPSA) is 85.8 Å². The molecule has 0 aliphatic heterocycles. The minimum absolute atomic E-state index is 0.290. The van der Waals surface area contributed by atoms with Crippen LogP contribution in [0.5, 0.6) is 0 Å². The molecule has 0 bridgehead atoms. The second kappa shape index (κ2) is 7.18. The Hall–Kier alpha value is -2.23. The number of nitrogens with two attached hydrogens (primary N) is 1. The first kappa shape index (κ1) is 20.1. The number of para-hydroxylation sites is 1. The SMILES string of the molecule is CC(Sc1nnc(C(C)(C)C)n1N)C(=O)Nc1ccccc1C(F)(F)F. The minimum Gasteiger partial charge on any atom is -0.336 e. The number of halogens is 3. The van der Waals surface area contributed by atoms with Gasteiger partial charge in [-0.15, -0.1) is 10.2 Å². The van der Waals surface area contributed by atoms with Crippen LogP contribution in [0.2, 0.25) is 0 Å². The lowest BCUT2D eigenvalue weighted by Crippen LogP contribution is -2.26. The van der Waals surface area contributed by atoms with Gasteiger partial charge in [0.2, 0.25) is 11.1 Å². The van der Waals surface area contributed by atoms with E-state index in [-0.39, 0.29) is 11.1 Å². The highest BCUT2D eigenvalue weighted by Crippen LogP contribution is 2.35. The number of nitrogen functional groups attached to an aromatic ring is 1. The van der Waals surface area contributed by atoms with Gasteiger partial charge in [-0.05, 0) is 19.1 Å². The molecule has 2 rings (SSSR count). The Bertz CT molecular complexity index is 798. The zero-order valence-corrected chi connectivity index (χ0v) is 15.6. The predicted octanol–water partition coefficient (Wildman–Crippen LogP) is 3.43. The maximum absolute atomic E-state index is 13.0. The van der Waals surface area contributed by atoms with Crippen LogP contribution in [0, 0.1) is 0 Å². The van der Waals surface area contributed by atoms with Crippen molar-refractivity contribution in [3.8, 4) is 0 Å². The minimum atomic E-state index is -4.56. The number of hydrogen-bond acceptors (Lipinski definition) is 5. The molecule has 10 heteroatoms. The second-order valence-corrected chi connectivity index (χ2v) is 8.03. The number of alkyl halides is 3. The van der Waals surface area contributed by atoms with Crippen LogP contribution < -0.4 is 11.2 Å². The van der Waals surface area contributed by atoms with Crippen LogP contribution in [0.15, 0.2) is 29.4 Å². The molecule has 0 spiro atoms. The van der Waals surface area contributed by atoms with Crippen LogP contribution in [0.4, 0.5) is 18.9 Å². The third kappa shape index (κ3) is 4.48. The Morgan fingerprint density at radius 2 is 1.85 bits per heavy atom. The quantitative estimate of drug-likeness (QED) is 0.620. The van der Waals surface area contributed by atoms with Gasteiger partial charge in [-0.25, -0.2) is 4.68 Å². The van der Waals surface area contributed by atoms with Gasteiger partial charge in [0.05, 0.1) is 16.5 Å². The number of benzene rings is 1. The molecular weight excluding hydrogens is 367 g/mol. The fraction of sp³-hybridized carbons (Fsp3) is 0.438. The molecule has 0 saturated heterocycles. The lowest BCUT2D eigenvalue weighted by atomic mass is 9.96. The molecule has 1 atom stereocenters. The maximum Gasteiger partial charge on any atom is 0.418 e. The van der Waals surface area contributed by atoms with Crippen molar-refractivity contribution in [3.05, 3.63) is 35.7 Å². The van der Waals surface area contributed by atoms with Crippen LogP contribution in [-0.4, -0.2) is 26.0 Å². The van der Waals surface area contributed by atoms with Gasteiger partial charge >= 0.3 is 6.18 Å². The third-order valence-corrected chi connectivity index (χ3v) is 4.53. The predicted molar refractivity (Wildman–Crippen MR) is 94.3 cm³/mol. The Labute approximate surface area is 153 Å². The van der Waals surface area contributed by atoms with Crippen LogP contribution >= 0.6 is 11.8 Å². The molecule has 0 aliphatic rings. The summed E-state index contributed by atoms with van der Waals surface area (Å²) in [6, 6.07) is 4.82. The normalized spacial score (nSPS) is 13.5. The summed E-state index contributed by atoms with van der Waals surface area (Å²) in [6.45, 7) is 7.30. The third-order valence-electron chi connectivity index (χ3n) is 3.48. The van der Waals surface area contributed by atoms with E-state index in [1.54, 1.807) is 6.92 Å². The summed E-state index contributed by atoms with van der Waals surface area (Å²) in [5, 5.41) is 9.87. The van der Waals surface area contributed by atoms with E-state index in [0.717, 1.165) is 17.8 Å². The Kier molecular flexibility index (Phi) is 5.55. The van der Waals surface area contributed by atoms with E-state index in [4.69, 9.17) is 5.84 Å². The molecule has 1 amide bonds. The first-order valence-corrected chi connectivity index (χ1v) is 8.64. The highest BCUT2D eigenvalue weighted by atomic mass is 32.2. The Morgan fingerprint density at radius 1 is 1.23 bits per heavy atom. The van der Waals surface area contributed by atoms with Crippen LogP contribution in [0.25, 0.3) is 0 Å². The number of carbonyl (C=O) groups is 1. The number of hydrogen-bond donors (Lipinski definition) is 2. The van der Waals surface area contributed by atoms with E-state index in [1.165, 1.54) is 22.9 Å². The van der Waals surface area contributed by atoms with Gasteiger partial charge in [0.25, 0.3) is 0 Å². The van der Waals surface area contributed by atoms with Crippen molar-refractivity contribution in [2.75, 3.05) is 11.2 Å². The number of rotatable bonds is 4. The van der Waals surface area contributed by atoms with E-state index in [2.05, 4.69) is 15.5 Å². The van der Waals surface area contributed by atoms with Crippen LogP contribution in [0.3, 0.4) is 0 Å². The van der Waals surface area contributed by atoms with Gasteiger partial charge in [0, 0.05) is 5.41 Å². The van der Waals surface area contributed by atoms with E-state index in [9.17, 15) is 18.0 Å². The summed E-state index contributed by atoms with van der Waals surface area (Å²) in [5.74, 6) is 5.91. The first-order valence-electron chi connectivity index (χ1n) is 7.76. The first-order chi connectivity index (χ1) is 11.9. The van der Waals surface area contributed by atoms with Crippen LogP contribution in [0.1, 0.15) is 39.1 Å². The average Bonchev–Trinajstić information content (AvgIpc) is 2.87. The van der Waals surface area contributed by atoms with Gasteiger partial charge in [-0.3, -0.25) is 4.79 Å². The highest BCUT2D eigenvalue weighted by molar-refractivity contribution is 8.00. The largest absolute Gasteiger partial charge is 0.418 e. The summed E-state index contributed by atoms with van der Waals surface area (Å²) < 4.78 is 40.3. The highest BCUT2D eigenvalue weighted by Gasteiger charge is 2.34. The van der Waals surface area contributed by atoms with Crippen molar-refractivity contribution >= 4 is 23.4 Å². The number of aromatic nitrogens is 3. The lowest BCUT2D eigenvalue weighted by Gasteiger charge is -2.17. The molecule has 1 aromatic heterocycles. The number of carbonyl (C=O) groups excluding carboxylic acids is 1. The molecular formula is C16H20F3N5OS. The van der Waals surface area contributed by atoms with Gasteiger partial charge in [-0.2, -0.15) is 13.2 Å². The number of thioether (sulfide) groups is 1. The van der Waals surface area contributed by atoms with E-state index < -0.39 is 22.9 Å².